The smallest absolute Gasteiger partial charge is 0.417 e. The van der Waals surface area contributed by atoms with E-state index < -0.39 is 6.09 Å². The molecule has 0 aliphatic carbocycles. The fourth-order valence-corrected chi connectivity index (χ4v) is 1.99. The van der Waals surface area contributed by atoms with Crippen molar-refractivity contribution in [3.8, 4) is 0 Å². The van der Waals surface area contributed by atoms with E-state index in [2.05, 4.69) is 0 Å². The predicted octanol–water partition coefficient (Wildman–Crippen LogP) is 2.15. The first-order valence-corrected chi connectivity index (χ1v) is 5.89. The van der Waals surface area contributed by atoms with Gasteiger partial charge in [0.25, 0.3) is 5.91 Å². The summed E-state index contributed by atoms with van der Waals surface area (Å²) in [6.45, 7) is 2.00. The van der Waals surface area contributed by atoms with E-state index in [4.69, 9.17) is 4.74 Å². The van der Waals surface area contributed by atoms with E-state index in [9.17, 15) is 9.59 Å². The topological polar surface area (TPSA) is 46.6 Å². The monoisotopic (exact) mass is 245 g/mol. The summed E-state index contributed by atoms with van der Waals surface area (Å²) in [4.78, 5) is 24.5. The molecule has 0 N–H and O–H groups in total. The van der Waals surface area contributed by atoms with Gasteiger partial charge in [-0.3, -0.25) is 4.79 Å². The number of nitrogens with zero attached hydrogens (tertiary/aromatic N) is 1. The number of ether oxygens (including phenoxy) is 1. The second-order valence-electron chi connectivity index (χ2n) is 4.13. The highest BCUT2D eigenvalue weighted by atomic mass is 16.6. The number of imide groups is 1. The molecule has 1 aliphatic rings. The van der Waals surface area contributed by atoms with Gasteiger partial charge < -0.3 is 4.74 Å². The summed E-state index contributed by atoms with van der Waals surface area (Å²) in [5.41, 5.74) is 1.08. The number of allylic oxidation sites excluding steroid dienone is 1. The van der Waals surface area contributed by atoms with E-state index in [-0.39, 0.29) is 18.6 Å². The van der Waals surface area contributed by atoms with E-state index >= 15 is 0 Å². The standard InChI is InChI=1S/C14H15NO3/c1-2-6-13(16)15-12(10-18-14(15)17)9-11-7-4-3-5-8-11/h2-8,12H,9-10H2,1H3/t12-/m0/s1. The van der Waals surface area contributed by atoms with E-state index in [1.165, 1.54) is 11.0 Å². The Balaban J connectivity index is 2.12. The molecule has 94 valence electrons. The molecule has 18 heavy (non-hydrogen) atoms. The minimum Gasteiger partial charge on any atom is -0.447 e. The zero-order valence-corrected chi connectivity index (χ0v) is 10.2. The van der Waals surface area contributed by atoms with Crippen LogP contribution in [0.25, 0.3) is 0 Å². The molecule has 1 aliphatic heterocycles. The largest absolute Gasteiger partial charge is 0.447 e. The van der Waals surface area contributed by atoms with Crippen molar-refractivity contribution < 1.29 is 14.3 Å². The van der Waals surface area contributed by atoms with Crippen LogP contribution in [0.5, 0.6) is 0 Å². The third-order valence-corrected chi connectivity index (χ3v) is 2.82. The summed E-state index contributed by atoms with van der Waals surface area (Å²) in [7, 11) is 0. The molecule has 0 radical (unpaired) electrons. The SMILES string of the molecule is CC=CC(=O)N1C(=O)OC[C@@H]1Cc1ccccc1. The van der Waals surface area contributed by atoms with E-state index in [0.717, 1.165) is 5.56 Å². The Morgan fingerprint density at radius 1 is 1.44 bits per heavy atom. The number of amides is 2. The molecule has 1 saturated heterocycles. The maximum Gasteiger partial charge on any atom is 0.417 e. The van der Waals surface area contributed by atoms with Crippen LogP contribution in [0.15, 0.2) is 42.5 Å². The molecule has 0 unspecified atom stereocenters. The fourth-order valence-electron chi connectivity index (χ4n) is 1.99. The van der Waals surface area contributed by atoms with Gasteiger partial charge in [-0.1, -0.05) is 36.4 Å². The normalized spacial score (nSPS) is 19.3. The van der Waals surface area contributed by atoms with Crippen LogP contribution >= 0.6 is 0 Å². The summed E-state index contributed by atoms with van der Waals surface area (Å²) in [6.07, 6.45) is 3.06. The predicted molar refractivity (Wildman–Crippen MR) is 66.9 cm³/mol. The Kier molecular flexibility index (Phi) is 3.77. The second-order valence-corrected chi connectivity index (χ2v) is 4.13. The number of rotatable bonds is 3. The summed E-state index contributed by atoms with van der Waals surface area (Å²) < 4.78 is 4.95. The summed E-state index contributed by atoms with van der Waals surface area (Å²) in [5.74, 6) is -0.319. The molecule has 0 bridgehead atoms. The molecule has 0 spiro atoms. The van der Waals surface area contributed by atoms with Gasteiger partial charge in [0.1, 0.15) is 6.61 Å². The van der Waals surface area contributed by atoms with Crippen molar-refractivity contribution in [1.29, 1.82) is 0 Å². The van der Waals surface area contributed by atoms with Gasteiger partial charge in [-0.05, 0) is 25.0 Å². The Morgan fingerprint density at radius 3 is 2.83 bits per heavy atom. The van der Waals surface area contributed by atoms with Crippen LogP contribution in [0.3, 0.4) is 0 Å². The molecule has 1 aromatic rings. The van der Waals surface area contributed by atoms with Gasteiger partial charge in [-0.15, -0.1) is 0 Å². The van der Waals surface area contributed by atoms with Crippen molar-refractivity contribution in [2.75, 3.05) is 6.61 Å². The Morgan fingerprint density at radius 2 is 2.17 bits per heavy atom. The van der Waals surface area contributed by atoms with Crippen molar-refractivity contribution in [3.05, 3.63) is 48.0 Å². The van der Waals surface area contributed by atoms with Crippen molar-refractivity contribution >= 4 is 12.0 Å². The third-order valence-electron chi connectivity index (χ3n) is 2.82. The molecule has 2 amide bonds. The Labute approximate surface area is 106 Å². The number of cyclic esters (lactones) is 1. The second kappa shape index (κ2) is 5.49. The summed E-state index contributed by atoms with van der Waals surface area (Å²) in [5, 5.41) is 0. The number of benzene rings is 1. The maximum absolute atomic E-state index is 11.8. The average Bonchev–Trinajstić information content (AvgIpc) is 2.72. The highest BCUT2D eigenvalue weighted by Crippen LogP contribution is 2.17. The van der Waals surface area contributed by atoms with Crippen LogP contribution in [0.1, 0.15) is 12.5 Å². The van der Waals surface area contributed by atoms with Gasteiger partial charge in [-0.2, -0.15) is 0 Å². The molecular formula is C14H15NO3. The van der Waals surface area contributed by atoms with Gasteiger partial charge in [0.2, 0.25) is 0 Å². The van der Waals surface area contributed by atoms with Crippen molar-refractivity contribution in [2.45, 2.75) is 19.4 Å². The van der Waals surface area contributed by atoms with Crippen molar-refractivity contribution in [2.24, 2.45) is 0 Å². The minimum atomic E-state index is -0.556. The fraction of sp³-hybridized carbons (Fsp3) is 0.286. The first kappa shape index (κ1) is 12.4. The molecule has 1 aromatic carbocycles. The quantitative estimate of drug-likeness (QED) is 0.766. The van der Waals surface area contributed by atoms with E-state index in [1.807, 2.05) is 30.3 Å². The number of carbonyl (C=O) groups excluding carboxylic acids is 2. The lowest BCUT2D eigenvalue weighted by Gasteiger charge is -2.17. The number of hydrogen-bond acceptors (Lipinski definition) is 3. The molecule has 1 atom stereocenters. The lowest BCUT2D eigenvalue weighted by atomic mass is 10.1. The van der Waals surface area contributed by atoms with E-state index in [0.29, 0.717) is 6.42 Å². The van der Waals surface area contributed by atoms with Crippen molar-refractivity contribution in [1.82, 2.24) is 4.90 Å². The molecule has 4 nitrogen and oxygen atoms in total. The Bertz CT molecular complexity index is 467. The molecule has 0 saturated carbocycles. The van der Waals surface area contributed by atoms with Crippen LogP contribution in [0.4, 0.5) is 4.79 Å². The number of hydrogen-bond donors (Lipinski definition) is 0. The third kappa shape index (κ3) is 2.59. The molecule has 0 aromatic heterocycles. The van der Waals surface area contributed by atoms with Gasteiger partial charge in [0, 0.05) is 0 Å². The first-order chi connectivity index (χ1) is 8.72. The highest BCUT2D eigenvalue weighted by Gasteiger charge is 2.36. The minimum absolute atomic E-state index is 0.219. The molecule has 1 heterocycles. The average molecular weight is 245 g/mol. The van der Waals surface area contributed by atoms with Gasteiger partial charge >= 0.3 is 6.09 Å². The summed E-state index contributed by atoms with van der Waals surface area (Å²) in [6, 6.07) is 9.53. The molecule has 4 heteroatoms. The van der Waals surface area contributed by atoms with Gasteiger partial charge in [-0.25, -0.2) is 9.69 Å². The van der Waals surface area contributed by atoms with Crippen LogP contribution in [-0.4, -0.2) is 29.5 Å². The molecular weight excluding hydrogens is 230 g/mol. The van der Waals surface area contributed by atoms with Crippen LogP contribution in [-0.2, 0) is 16.0 Å². The number of carbonyl (C=O) groups is 2. The van der Waals surface area contributed by atoms with Gasteiger partial charge in [0.05, 0.1) is 6.04 Å². The van der Waals surface area contributed by atoms with Crippen LogP contribution < -0.4 is 0 Å². The lowest BCUT2D eigenvalue weighted by molar-refractivity contribution is -0.124. The molecule has 1 fully saturated rings. The summed E-state index contributed by atoms with van der Waals surface area (Å²) >= 11 is 0. The zero-order chi connectivity index (χ0) is 13.0. The van der Waals surface area contributed by atoms with Crippen LogP contribution in [0, 0.1) is 0 Å². The molecule has 2 rings (SSSR count). The highest BCUT2D eigenvalue weighted by molar-refractivity contribution is 5.99. The van der Waals surface area contributed by atoms with Gasteiger partial charge in [0.15, 0.2) is 0 Å². The maximum atomic E-state index is 11.8. The lowest BCUT2D eigenvalue weighted by Crippen LogP contribution is -2.39. The Hall–Kier alpha value is -2.10. The van der Waals surface area contributed by atoms with E-state index in [1.54, 1.807) is 13.0 Å². The van der Waals surface area contributed by atoms with Crippen molar-refractivity contribution in [3.63, 3.8) is 0 Å². The first-order valence-electron chi connectivity index (χ1n) is 5.89. The van der Waals surface area contributed by atoms with Crippen LogP contribution in [0.2, 0.25) is 0 Å². The zero-order valence-electron chi connectivity index (χ0n) is 10.2.